The molecule has 1 aromatic rings. The average molecular weight is 281 g/mol. The van der Waals surface area contributed by atoms with E-state index < -0.39 is 10.0 Å². The highest BCUT2D eigenvalue weighted by Crippen LogP contribution is 2.37. The third-order valence-corrected chi connectivity index (χ3v) is 5.20. The minimum absolute atomic E-state index is 0.0887. The number of rotatable bonds is 6. The summed E-state index contributed by atoms with van der Waals surface area (Å²) in [5.74, 6) is 2.38. The fourth-order valence-corrected chi connectivity index (χ4v) is 3.53. The normalized spacial score (nSPS) is 15.7. The third-order valence-electron chi connectivity index (χ3n) is 3.31. The molecule has 0 aromatic carbocycles. The number of hydrogen-bond donors (Lipinski definition) is 1. The van der Waals surface area contributed by atoms with Gasteiger partial charge in [0, 0.05) is 31.0 Å². The van der Waals surface area contributed by atoms with Crippen molar-refractivity contribution in [2.24, 2.45) is 5.73 Å². The van der Waals surface area contributed by atoms with Crippen molar-refractivity contribution in [3.63, 3.8) is 0 Å². The van der Waals surface area contributed by atoms with Gasteiger partial charge in [-0.3, -0.25) is 0 Å². The van der Waals surface area contributed by atoms with Gasteiger partial charge in [0.1, 0.15) is 4.90 Å². The Bertz CT molecular complexity index is 594. The summed E-state index contributed by atoms with van der Waals surface area (Å²) in [6.45, 7) is 2.56. The molecule has 1 heterocycles. The van der Waals surface area contributed by atoms with Crippen LogP contribution in [0.15, 0.2) is 17.2 Å². The molecular formula is C13H19N3O2S. The fraction of sp³-hybridized carbons (Fsp3) is 0.538. The van der Waals surface area contributed by atoms with E-state index in [-0.39, 0.29) is 11.4 Å². The minimum Gasteiger partial charge on any atom is -0.346 e. The van der Waals surface area contributed by atoms with E-state index in [1.807, 2.05) is 4.57 Å². The van der Waals surface area contributed by atoms with Crippen LogP contribution in [0.1, 0.15) is 31.5 Å². The molecular weight excluding hydrogens is 262 g/mol. The van der Waals surface area contributed by atoms with Crippen molar-refractivity contribution in [1.29, 1.82) is 0 Å². The van der Waals surface area contributed by atoms with Crippen LogP contribution in [-0.2, 0) is 16.6 Å². The van der Waals surface area contributed by atoms with Crippen LogP contribution in [0.25, 0.3) is 0 Å². The molecule has 6 heteroatoms. The molecule has 0 radical (unpaired) electrons. The largest absolute Gasteiger partial charge is 0.346 e. The van der Waals surface area contributed by atoms with E-state index in [1.54, 1.807) is 19.2 Å². The maximum absolute atomic E-state index is 12.5. The van der Waals surface area contributed by atoms with E-state index in [0.717, 1.165) is 18.5 Å². The van der Waals surface area contributed by atoms with Crippen LogP contribution in [0.4, 0.5) is 0 Å². The summed E-state index contributed by atoms with van der Waals surface area (Å²) in [5.41, 5.74) is 6.54. The lowest BCUT2D eigenvalue weighted by molar-refractivity contribution is 0.464. The number of hydrogen-bond acceptors (Lipinski definition) is 3. The van der Waals surface area contributed by atoms with Crippen molar-refractivity contribution >= 4 is 10.0 Å². The third kappa shape index (κ3) is 2.68. The molecule has 1 saturated carbocycles. The van der Waals surface area contributed by atoms with Crippen molar-refractivity contribution in [2.45, 2.75) is 37.2 Å². The van der Waals surface area contributed by atoms with Crippen molar-refractivity contribution < 1.29 is 8.42 Å². The molecule has 0 spiro atoms. The van der Waals surface area contributed by atoms with Crippen molar-refractivity contribution in [3.05, 3.63) is 18.0 Å². The number of terminal acetylenes is 1. The van der Waals surface area contributed by atoms with Gasteiger partial charge in [0.15, 0.2) is 0 Å². The highest BCUT2D eigenvalue weighted by molar-refractivity contribution is 7.89. The van der Waals surface area contributed by atoms with Gasteiger partial charge in [0.2, 0.25) is 10.0 Å². The van der Waals surface area contributed by atoms with Crippen molar-refractivity contribution in [1.82, 2.24) is 8.87 Å². The van der Waals surface area contributed by atoms with Crippen LogP contribution < -0.4 is 5.73 Å². The Morgan fingerprint density at radius 2 is 2.26 bits per heavy atom. The molecule has 5 nitrogen and oxygen atoms in total. The van der Waals surface area contributed by atoms with Gasteiger partial charge in [-0.25, -0.2) is 8.42 Å². The molecule has 0 amide bonds. The quantitative estimate of drug-likeness (QED) is 0.789. The lowest BCUT2D eigenvalue weighted by atomic mass is 10.4. The molecule has 1 fully saturated rings. The molecule has 2 N–H and O–H groups in total. The van der Waals surface area contributed by atoms with Crippen LogP contribution >= 0.6 is 0 Å². The van der Waals surface area contributed by atoms with Gasteiger partial charge in [0.05, 0.1) is 6.54 Å². The second-order valence-electron chi connectivity index (χ2n) is 4.65. The van der Waals surface area contributed by atoms with Gasteiger partial charge < -0.3 is 10.3 Å². The monoisotopic (exact) mass is 281 g/mol. The first-order valence-corrected chi connectivity index (χ1v) is 7.83. The molecule has 0 bridgehead atoms. The Hall–Kier alpha value is -1.29. The molecule has 104 valence electrons. The summed E-state index contributed by atoms with van der Waals surface area (Å²) in [6.07, 6.45) is 9.08. The second-order valence-corrected chi connectivity index (χ2v) is 6.58. The molecule has 1 aliphatic rings. The predicted molar refractivity (Wildman–Crippen MR) is 73.9 cm³/mol. The van der Waals surface area contributed by atoms with Crippen LogP contribution in [-0.4, -0.2) is 30.4 Å². The van der Waals surface area contributed by atoms with Crippen molar-refractivity contribution in [2.75, 3.05) is 13.1 Å². The highest BCUT2D eigenvalue weighted by Gasteiger charge is 2.29. The summed E-state index contributed by atoms with van der Waals surface area (Å²) in [4.78, 5) is 0.289. The molecule has 0 saturated heterocycles. The van der Waals surface area contributed by atoms with E-state index >= 15 is 0 Å². The first kappa shape index (κ1) is 14.1. The SMILES string of the molecule is C#CCN(CC)S(=O)(=O)c1cc(CN)n(C2CC2)c1. The molecule has 1 aromatic heterocycles. The van der Waals surface area contributed by atoms with E-state index in [9.17, 15) is 8.42 Å². The van der Waals surface area contributed by atoms with E-state index in [4.69, 9.17) is 12.2 Å². The van der Waals surface area contributed by atoms with Crippen molar-refractivity contribution in [3.8, 4) is 12.3 Å². The average Bonchev–Trinajstić information content (AvgIpc) is 3.14. The maximum atomic E-state index is 12.5. The molecule has 0 atom stereocenters. The van der Waals surface area contributed by atoms with E-state index in [0.29, 0.717) is 19.1 Å². The molecule has 0 unspecified atom stereocenters. The summed E-state index contributed by atoms with van der Waals surface area (Å²) in [7, 11) is -3.52. The smallest absolute Gasteiger partial charge is 0.245 e. The number of sulfonamides is 1. The number of nitrogens with two attached hydrogens (primary N) is 1. The van der Waals surface area contributed by atoms with E-state index in [2.05, 4.69) is 5.92 Å². The van der Waals surface area contributed by atoms with Gasteiger partial charge in [-0.05, 0) is 18.9 Å². The molecule has 2 rings (SSSR count). The lowest BCUT2D eigenvalue weighted by Crippen LogP contribution is -2.31. The summed E-state index contributed by atoms with van der Waals surface area (Å²) >= 11 is 0. The first-order valence-electron chi connectivity index (χ1n) is 6.39. The molecule has 19 heavy (non-hydrogen) atoms. The zero-order valence-electron chi connectivity index (χ0n) is 11.0. The Labute approximate surface area is 114 Å². The topological polar surface area (TPSA) is 68.3 Å². The molecule has 1 aliphatic carbocycles. The lowest BCUT2D eigenvalue weighted by Gasteiger charge is -2.16. The Morgan fingerprint density at radius 1 is 1.58 bits per heavy atom. The standard InChI is InChI=1S/C13H19N3O2S/c1-3-7-15(4-2)19(17,18)13-8-12(9-14)16(10-13)11-5-6-11/h1,8,10-11H,4-7,9,14H2,2H3. The first-order chi connectivity index (χ1) is 9.04. The summed E-state index contributed by atoms with van der Waals surface area (Å²) in [6, 6.07) is 2.07. The zero-order chi connectivity index (χ0) is 14.0. The van der Waals surface area contributed by atoms with Crippen LogP contribution in [0, 0.1) is 12.3 Å². The van der Waals surface area contributed by atoms with Crippen LogP contribution in [0.3, 0.4) is 0 Å². The van der Waals surface area contributed by atoms with Gasteiger partial charge in [-0.1, -0.05) is 12.8 Å². The highest BCUT2D eigenvalue weighted by atomic mass is 32.2. The predicted octanol–water partition coefficient (Wildman–Crippen LogP) is 0.926. The Morgan fingerprint density at radius 3 is 2.74 bits per heavy atom. The summed E-state index contributed by atoms with van der Waals surface area (Å²) in [5, 5.41) is 0. The Kier molecular flexibility index (Phi) is 3.99. The van der Waals surface area contributed by atoms with Gasteiger partial charge in [-0.15, -0.1) is 6.42 Å². The van der Waals surface area contributed by atoms with E-state index in [1.165, 1.54) is 4.31 Å². The zero-order valence-corrected chi connectivity index (χ0v) is 11.9. The number of aromatic nitrogens is 1. The fourth-order valence-electron chi connectivity index (χ4n) is 2.11. The van der Waals surface area contributed by atoms with Gasteiger partial charge in [-0.2, -0.15) is 4.31 Å². The van der Waals surface area contributed by atoms with Gasteiger partial charge in [0.25, 0.3) is 0 Å². The van der Waals surface area contributed by atoms with Crippen LogP contribution in [0.5, 0.6) is 0 Å². The molecule has 0 aliphatic heterocycles. The maximum Gasteiger partial charge on any atom is 0.245 e. The van der Waals surface area contributed by atoms with Gasteiger partial charge >= 0.3 is 0 Å². The summed E-state index contributed by atoms with van der Waals surface area (Å²) < 4.78 is 28.2. The number of nitrogens with zero attached hydrogens (tertiary/aromatic N) is 2. The minimum atomic E-state index is -3.52. The van der Waals surface area contributed by atoms with Crippen LogP contribution in [0.2, 0.25) is 0 Å². The Balaban J connectivity index is 2.37. The second kappa shape index (κ2) is 5.37.